The largest absolute Gasteiger partial charge is 0.494 e. The molecule has 20 heavy (non-hydrogen) atoms. The number of thiophene rings is 1. The molecule has 0 aliphatic rings. The van der Waals surface area contributed by atoms with Crippen molar-refractivity contribution in [2.45, 2.75) is 20.4 Å². The smallest absolute Gasteiger partial charge is 0.275 e. The molecule has 1 heterocycles. The number of rotatable bonds is 6. The average Bonchev–Trinajstić information content (AvgIpc) is 2.82. The fraction of sp³-hybridized carbons (Fsp3) is 0.286. The molecule has 0 aliphatic heterocycles. The van der Waals surface area contributed by atoms with Crippen LogP contribution < -0.4 is 10.1 Å². The molecule has 0 atom stereocenters. The summed E-state index contributed by atoms with van der Waals surface area (Å²) in [6.45, 7) is 5.02. The molecule has 0 spiro atoms. The van der Waals surface area contributed by atoms with E-state index in [1.54, 1.807) is 17.4 Å². The molecule has 0 unspecified atom stereocenters. The second-order valence-electron chi connectivity index (χ2n) is 4.29. The van der Waals surface area contributed by atoms with Gasteiger partial charge in [-0.15, -0.1) is 11.3 Å². The second-order valence-corrected chi connectivity index (χ2v) is 5.29. The summed E-state index contributed by atoms with van der Waals surface area (Å²) in [7, 11) is 0. The molecular weight excluding hydrogens is 276 g/mol. The lowest BCUT2D eigenvalue weighted by atomic mass is 10.2. The van der Waals surface area contributed by atoms with Gasteiger partial charge in [0.15, 0.2) is 0 Å². The Morgan fingerprint density at radius 3 is 2.80 bits per heavy atom. The molecule has 1 aromatic carbocycles. The van der Waals surface area contributed by atoms with Crippen molar-refractivity contribution in [3.63, 3.8) is 0 Å². The van der Waals surface area contributed by atoms with E-state index < -0.39 is 4.92 Å². The summed E-state index contributed by atoms with van der Waals surface area (Å²) in [5.74, 6) is 0.507. The first-order valence-corrected chi connectivity index (χ1v) is 7.17. The van der Waals surface area contributed by atoms with Crippen molar-refractivity contribution in [3.8, 4) is 5.75 Å². The highest BCUT2D eigenvalue weighted by Crippen LogP contribution is 2.27. The lowest BCUT2D eigenvalue weighted by molar-refractivity contribution is -0.384. The Labute approximate surface area is 121 Å². The van der Waals surface area contributed by atoms with Gasteiger partial charge in [0.1, 0.15) is 5.75 Å². The van der Waals surface area contributed by atoms with Gasteiger partial charge < -0.3 is 10.1 Å². The fourth-order valence-electron chi connectivity index (χ4n) is 1.81. The van der Waals surface area contributed by atoms with Crippen LogP contribution >= 0.6 is 11.3 Å². The maximum absolute atomic E-state index is 10.9. The van der Waals surface area contributed by atoms with Crippen molar-refractivity contribution >= 4 is 22.7 Å². The highest BCUT2D eigenvalue weighted by atomic mass is 32.1. The zero-order chi connectivity index (χ0) is 14.5. The van der Waals surface area contributed by atoms with Crippen molar-refractivity contribution in [2.24, 2.45) is 0 Å². The van der Waals surface area contributed by atoms with Gasteiger partial charge >= 0.3 is 0 Å². The summed E-state index contributed by atoms with van der Waals surface area (Å²) in [5.41, 5.74) is 1.94. The van der Waals surface area contributed by atoms with Gasteiger partial charge in [-0.25, -0.2) is 0 Å². The Morgan fingerprint density at radius 1 is 1.40 bits per heavy atom. The lowest BCUT2D eigenvalue weighted by Crippen LogP contribution is -2.01. The molecule has 0 saturated heterocycles. The number of nitrogens with zero attached hydrogens (tertiary/aromatic N) is 1. The van der Waals surface area contributed by atoms with Gasteiger partial charge in [-0.05, 0) is 30.9 Å². The molecule has 5 nitrogen and oxygen atoms in total. The highest BCUT2D eigenvalue weighted by Gasteiger charge is 2.11. The Kier molecular flexibility index (Phi) is 4.57. The van der Waals surface area contributed by atoms with Crippen molar-refractivity contribution in [1.29, 1.82) is 0 Å². The molecule has 1 aromatic heterocycles. The van der Waals surface area contributed by atoms with Crippen LogP contribution in [0.25, 0.3) is 0 Å². The summed E-state index contributed by atoms with van der Waals surface area (Å²) in [6, 6.07) is 6.79. The number of nitro groups is 1. The van der Waals surface area contributed by atoms with Gasteiger partial charge in [0.2, 0.25) is 0 Å². The van der Waals surface area contributed by atoms with E-state index in [2.05, 4.69) is 11.4 Å². The molecule has 0 bridgehead atoms. The first-order chi connectivity index (χ1) is 9.60. The molecule has 6 heteroatoms. The van der Waals surface area contributed by atoms with Crippen LogP contribution in [0.2, 0.25) is 0 Å². The van der Waals surface area contributed by atoms with Crippen molar-refractivity contribution < 1.29 is 9.66 Å². The first-order valence-electron chi connectivity index (χ1n) is 6.29. The maximum atomic E-state index is 10.9. The molecule has 2 rings (SSSR count). The van der Waals surface area contributed by atoms with Crippen molar-refractivity contribution in [2.75, 3.05) is 11.9 Å². The lowest BCUT2D eigenvalue weighted by Gasteiger charge is -2.09. The predicted molar refractivity (Wildman–Crippen MR) is 80.6 cm³/mol. The first kappa shape index (κ1) is 14.3. The summed E-state index contributed by atoms with van der Waals surface area (Å²) in [5, 5.41) is 16.2. The monoisotopic (exact) mass is 292 g/mol. The van der Waals surface area contributed by atoms with Gasteiger partial charge in [-0.2, -0.15) is 0 Å². The summed E-state index contributed by atoms with van der Waals surface area (Å²) in [6.07, 6.45) is 0. The van der Waals surface area contributed by atoms with Crippen LogP contribution in [0, 0.1) is 17.0 Å². The number of non-ortho nitro benzene ring substituents is 1. The van der Waals surface area contributed by atoms with E-state index >= 15 is 0 Å². The zero-order valence-corrected chi connectivity index (χ0v) is 12.2. The Balaban J connectivity index is 2.17. The number of hydrogen-bond acceptors (Lipinski definition) is 5. The Hall–Kier alpha value is -2.08. The van der Waals surface area contributed by atoms with Crippen LogP contribution in [0.4, 0.5) is 11.4 Å². The SMILES string of the molecule is CCOc1cc(NCc2sccc2C)cc([N+](=O)[O-])c1. The van der Waals surface area contributed by atoms with Gasteiger partial charge in [0, 0.05) is 29.2 Å². The number of nitrogens with one attached hydrogen (secondary N) is 1. The summed E-state index contributed by atoms with van der Waals surface area (Å²) >= 11 is 1.67. The molecule has 0 saturated carbocycles. The molecule has 106 valence electrons. The number of hydrogen-bond donors (Lipinski definition) is 1. The van der Waals surface area contributed by atoms with E-state index in [1.165, 1.54) is 22.6 Å². The minimum absolute atomic E-state index is 0.0290. The zero-order valence-electron chi connectivity index (χ0n) is 11.4. The molecule has 0 radical (unpaired) electrons. The van der Waals surface area contributed by atoms with Crippen LogP contribution in [-0.2, 0) is 6.54 Å². The number of nitro benzene ring substituents is 1. The third-order valence-electron chi connectivity index (χ3n) is 2.83. The van der Waals surface area contributed by atoms with Gasteiger partial charge in [-0.1, -0.05) is 0 Å². The van der Waals surface area contributed by atoms with E-state index in [9.17, 15) is 10.1 Å². The fourth-order valence-corrected chi connectivity index (χ4v) is 2.65. The van der Waals surface area contributed by atoms with E-state index in [0.29, 0.717) is 24.6 Å². The highest BCUT2D eigenvalue weighted by molar-refractivity contribution is 7.10. The molecule has 0 fully saturated rings. The van der Waals surface area contributed by atoms with Gasteiger partial charge in [0.05, 0.1) is 17.6 Å². The van der Waals surface area contributed by atoms with Crippen LogP contribution in [0.1, 0.15) is 17.4 Å². The molecule has 0 aliphatic carbocycles. The van der Waals surface area contributed by atoms with Crippen LogP contribution in [-0.4, -0.2) is 11.5 Å². The minimum atomic E-state index is -0.413. The topological polar surface area (TPSA) is 64.4 Å². The molecule has 0 amide bonds. The Bertz CT molecular complexity index is 610. The van der Waals surface area contributed by atoms with E-state index in [-0.39, 0.29) is 5.69 Å². The molecule has 1 N–H and O–H groups in total. The standard InChI is InChI=1S/C14H16N2O3S/c1-3-19-13-7-11(6-12(8-13)16(17)18)15-9-14-10(2)4-5-20-14/h4-8,15H,3,9H2,1-2H3. The third-order valence-corrected chi connectivity index (χ3v) is 3.86. The number of benzene rings is 1. The maximum Gasteiger partial charge on any atom is 0.275 e. The van der Waals surface area contributed by atoms with E-state index in [0.717, 1.165) is 0 Å². The molecular formula is C14H16N2O3S. The predicted octanol–water partition coefficient (Wildman–Crippen LogP) is 3.98. The van der Waals surface area contributed by atoms with Gasteiger partial charge in [0.25, 0.3) is 5.69 Å². The quantitative estimate of drug-likeness (QED) is 0.646. The van der Waals surface area contributed by atoms with Crippen LogP contribution in [0.3, 0.4) is 0 Å². The minimum Gasteiger partial charge on any atom is -0.494 e. The number of ether oxygens (including phenoxy) is 1. The van der Waals surface area contributed by atoms with Crippen molar-refractivity contribution in [3.05, 3.63) is 50.2 Å². The van der Waals surface area contributed by atoms with Crippen LogP contribution in [0.5, 0.6) is 5.75 Å². The van der Waals surface area contributed by atoms with Crippen molar-refractivity contribution in [1.82, 2.24) is 0 Å². The number of anilines is 1. The summed E-state index contributed by atoms with van der Waals surface area (Å²) < 4.78 is 5.36. The molecule has 2 aromatic rings. The van der Waals surface area contributed by atoms with E-state index in [4.69, 9.17) is 4.74 Å². The second kappa shape index (κ2) is 6.38. The normalized spacial score (nSPS) is 10.3. The average molecular weight is 292 g/mol. The van der Waals surface area contributed by atoms with Gasteiger partial charge in [-0.3, -0.25) is 10.1 Å². The summed E-state index contributed by atoms with van der Waals surface area (Å²) in [4.78, 5) is 11.7. The van der Waals surface area contributed by atoms with E-state index in [1.807, 2.05) is 19.2 Å². The Morgan fingerprint density at radius 2 is 2.20 bits per heavy atom. The third kappa shape index (κ3) is 3.48. The number of aryl methyl sites for hydroxylation is 1. The van der Waals surface area contributed by atoms with Crippen LogP contribution in [0.15, 0.2) is 29.6 Å².